The van der Waals surface area contributed by atoms with Gasteiger partial charge in [0.25, 0.3) is 5.91 Å². The lowest BCUT2D eigenvalue weighted by Crippen LogP contribution is -2.46. The number of halogens is 1. The predicted octanol–water partition coefficient (Wildman–Crippen LogP) is 2.82. The standard InChI is InChI=1S/C20H26FN3O3/c1-2-3-12-20(14-8-10-15(21)11-9-14)18(26)24(19(27)23-20)13-17(25)22-16-6-4-5-7-16/h8-11,16H,2-7,12-13H2,1H3,(H,22,25)(H,23,27)/t20-/m1/s1. The van der Waals surface area contributed by atoms with Crippen LogP contribution < -0.4 is 10.6 Å². The van der Waals surface area contributed by atoms with Gasteiger partial charge in [0.1, 0.15) is 17.9 Å². The number of nitrogens with one attached hydrogen (secondary N) is 2. The first-order valence-electron chi connectivity index (χ1n) is 9.66. The van der Waals surface area contributed by atoms with Crippen LogP contribution in [0.5, 0.6) is 0 Å². The molecule has 1 saturated carbocycles. The van der Waals surface area contributed by atoms with Gasteiger partial charge in [-0.1, -0.05) is 44.7 Å². The number of rotatable bonds is 7. The van der Waals surface area contributed by atoms with Crippen molar-refractivity contribution >= 4 is 17.8 Å². The third-order valence-corrected chi connectivity index (χ3v) is 5.44. The van der Waals surface area contributed by atoms with Gasteiger partial charge in [0.15, 0.2) is 0 Å². The molecule has 1 aliphatic carbocycles. The Labute approximate surface area is 158 Å². The molecule has 1 atom stereocenters. The van der Waals surface area contributed by atoms with Crippen LogP contribution >= 0.6 is 0 Å². The van der Waals surface area contributed by atoms with E-state index in [1.54, 1.807) is 0 Å². The summed E-state index contributed by atoms with van der Waals surface area (Å²) in [5.41, 5.74) is -0.705. The van der Waals surface area contributed by atoms with Gasteiger partial charge in [-0.25, -0.2) is 9.18 Å². The summed E-state index contributed by atoms with van der Waals surface area (Å²) in [6, 6.07) is 5.13. The first-order chi connectivity index (χ1) is 13.0. The minimum absolute atomic E-state index is 0.125. The third kappa shape index (κ3) is 3.96. The van der Waals surface area contributed by atoms with E-state index in [1.807, 2.05) is 6.92 Å². The fraction of sp³-hybridized carbons (Fsp3) is 0.550. The molecule has 4 amide bonds. The van der Waals surface area contributed by atoms with Crippen LogP contribution in [0.4, 0.5) is 9.18 Å². The van der Waals surface area contributed by atoms with Crippen molar-refractivity contribution in [3.8, 4) is 0 Å². The molecule has 1 saturated heterocycles. The Bertz CT molecular complexity index is 716. The second-order valence-electron chi connectivity index (χ2n) is 7.39. The molecule has 1 aliphatic heterocycles. The minimum Gasteiger partial charge on any atom is -0.352 e. The molecule has 0 radical (unpaired) electrons. The molecule has 2 fully saturated rings. The number of carbonyl (C=O) groups excluding carboxylic acids is 3. The largest absolute Gasteiger partial charge is 0.352 e. The molecule has 1 aromatic rings. The van der Waals surface area contributed by atoms with Crippen LogP contribution in [0, 0.1) is 5.82 Å². The highest BCUT2D eigenvalue weighted by Gasteiger charge is 2.52. The van der Waals surface area contributed by atoms with Gasteiger partial charge in [-0.05, 0) is 37.0 Å². The van der Waals surface area contributed by atoms with Crippen LogP contribution in [-0.4, -0.2) is 35.3 Å². The summed E-state index contributed by atoms with van der Waals surface area (Å²) in [5, 5.41) is 5.67. The quantitative estimate of drug-likeness (QED) is 0.720. The van der Waals surface area contributed by atoms with Gasteiger partial charge in [0, 0.05) is 6.04 Å². The maximum Gasteiger partial charge on any atom is 0.325 e. The summed E-state index contributed by atoms with van der Waals surface area (Å²) < 4.78 is 13.3. The Hall–Kier alpha value is -2.44. The summed E-state index contributed by atoms with van der Waals surface area (Å²) in [6.07, 6.45) is 5.99. The Balaban J connectivity index is 1.79. The van der Waals surface area contributed by atoms with E-state index in [9.17, 15) is 18.8 Å². The smallest absolute Gasteiger partial charge is 0.325 e. The number of nitrogens with zero attached hydrogens (tertiary/aromatic N) is 1. The SMILES string of the molecule is CCCC[C@]1(c2ccc(F)cc2)NC(=O)N(CC(=O)NC2CCCC2)C1=O. The monoisotopic (exact) mass is 375 g/mol. The number of hydrogen-bond acceptors (Lipinski definition) is 3. The van der Waals surface area contributed by atoms with Crippen LogP contribution in [0.15, 0.2) is 24.3 Å². The van der Waals surface area contributed by atoms with E-state index in [2.05, 4.69) is 10.6 Å². The van der Waals surface area contributed by atoms with Crippen LogP contribution in [0.3, 0.4) is 0 Å². The summed E-state index contributed by atoms with van der Waals surface area (Å²) >= 11 is 0. The van der Waals surface area contributed by atoms with Crippen molar-refractivity contribution in [1.82, 2.24) is 15.5 Å². The number of unbranched alkanes of at least 4 members (excludes halogenated alkanes) is 1. The van der Waals surface area contributed by atoms with Crippen molar-refractivity contribution in [2.45, 2.75) is 63.5 Å². The van der Waals surface area contributed by atoms with Crippen molar-refractivity contribution in [3.63, 3.8) is 0 Å². The first-order valence-corrected chi connectivity index (χ1v) is 9.66. The molecule has 0 aromatic heterocycles. The van der Waals surface area contributed by atoms with Gasteiger partial charge in [-0.3, -0.25) is 14.5 Å². The highest BCUT2D eigenvalue weighted by atomic mass is 19.1. The molecule has 0 unspecified atom stereocenters. The van der Waals surface area contributed by atoms with E-state index in [4.69, 9.17) is 0 Å². The molecule has 1 aromatic carbocycles. The molecule has 0 spiro atoms. The average Bonchev–Trinajstić information content (AvgIpc) is 3.23. The van der Waals surface area contributed by atoms with E-state index in [-0.39, 0.29) is 18.5 Å². The second-order valence-corrected chi connectivity index (χ2v) is 7.39. The fourth-order valence-electron chi connectivity index (χ4n) is 3.94. The van der Waals surface area contributed by atoms with E-state index in [0.29, 0.717) is 18.4 Å². The lowest BCUT2D eigenvalue weighted by Gasteiger charge is -2.27. The van der Waals surface area contributed by atoms with Crippen LogP contribution in [0.25, 0.3) is 0 Å². The topological polar surface area (TPSA) is 78.5 Å². The van der Waals surface area contributed by atoms with Gasteiger partial charge in [0.05, 0.1) is 0 Å². The van der Waals surface area contributed by atoms with Gasteiger partial charge in [-0.2, -0.15) is 0 Å². The summed E-state index contributed by atoms with van der Waals surface area (Å²) in [7, 11) is 0. The fourth-order valence-corrected chi connectivity index (χ4v) is 3.94. The first kappa shape index (κ1) is 19.3. The van der Waals surface area contributed by atoms with Gasteiger partial charge in [-0.15, -0.1) is 0 Å². The van der Waals surface area contributed by atoms with Crippen LogP contribution in [0.2, 0.25) is 0 Å². The minimum atomic E-state index is -1.24. The molecule has 3 rings (SSSR count). The molecule has 27 heavy (non-hydrogen) atoms. The Morgan fingerprint density at radius 1 is 1.26 bits per heavy atom. The maximum absolute atomic E-state index is 13.3. The molecule has 6 nitrogen and oxygen atoms in total. The number of urea groups is 1. The molecule has 146 valence electrons. The highest BCUT2D eigenvalue weighted by Crippen LogP contribution is 2.34. The number of hydrogen-bond donors (Lipinski definition) is 2. The third-order valence-electron chi connectivity index (χ3n) is 5.44. The highest BCUT2D eigenvalue weighted by molar-refractivity contribution is 6.09. The van der Waals surface area contributed by atoms with Gasteiger partial charge in [0.2, 0.25) is 5.91 Å². The molecule has 2 aliphatic rings. The molecule has 0 bridgehead atoms. The molecular weight excluding hydrogens is 349 g/mol. The lowest BCUT2D eigenvalue weighted by molar-refractivity contribution is -0.135. The molecule has 1 heterocycles. The lowest BCUT2D eigenvalue weighted by atomic mass is 9.85. The zero-order valence-corrected chi connectivity index (χ0v) is 15.6. The van der Waals surface area contributed by atoms with Crippen molar-refractivity contribution in [2.75, 3.05) is 6.54 Å². The zero-order valence-electron chi connectivity index (χ0n) is 15.6. The van der Waals surface area contributed by atoms with Crippen molar-refractivity contribution in [2.24, 2.45) is 0 Å². The maximum atomic E-state index is 13.3. The van der Waals surface area contributed by atoms with E-state index >= 15 is 0 Å². The number of imide groups is 1. The Morgan fingerprint density at radius 3 is 2.56 bits per heavy atom. The van der Waals surface area contributed by atoms with Crippen molar-refractivity contribution in [1.29, 1.82) is 0 Å². The Kier molecular flexibility index (Phi) is 5.77. The zero-order chi connectivity index (χ0) is 19.4. The van der Waals surface area contributed by atoms with Gasteiger partial charge >= 0.3 is 6.03 Å². The number of benzene rings is 1. The molecular formula is C20H26FN3O3. The Morgan fingerprint density at radius 2 is 1.93 bits per heavy atom. The summed E-state index contributed by atoms with van der Waals surface area (Å²) in [5.74, 6) is -1.18. The van der Waals surface area contributed by atoms with Crippen LogP contribution in [-0.2, 0) is 15.1 Å². The number of carbonyl (C=O) groups is 3. The van der Waals surface area contributed by atoms with Crippen molar-refractivity contribution in [3.05, 3.63) is 35.6 Å². The second kappa shape index (κ2) is 8.06. The average molecular weight is 375 g/mol. The van der Waals surface area contributed by atoms with E-state index in [0.717, 1.165) is 37.0 Å². The van der Waals surface area contributed by atoms with E-state index < -0.39 is 23.3 Å². The number of amides is 4. The predicted molar refractivity (Wildman–Crippen MR) is 98.2 cm³/mol. The summed E-state index contributed by atoms with van der Waals surface area (Å²) in [4.78, 5) is 39.0. The van der Waals surface area contributed by atoms with Crippen molar-refractivity contribution < 1.29 is 18.8 Å². The molecule has 7 heteroatoms. The van der Waals surface area contributed by atoms with Crippen LogP contribution in [0.1, 0.15) is 57.4 Å². The van der Waals surface area contributed by atoms with E-state index in [1.165, 1.54) is 24.3 Å². The normalized spacial score (nSPS) is 23.0. The van der Waals surface area contributed by atoms with Gasteiger partial charge < -0.3 is 10.6 Å². The summed E-state index contributed by atoms with van der Waals surface area (Å²) in [6.45, 7) is 1.70. The molecule has 2 N–H and O–H groups in total.